The van der Waals surface area contributed by atoms with Crippen LogP contribution in [-0.2, 0) is 29.0 Å². The van der Waals surface area contributed by atoms with Crippen molar-refractivity contribution in [2.45, 2.75) is 90.3 Å². The lowest BCUT2D eigenvalue weighted by Gasteiger charge is -2.27. The number of hydrogen-bond acceptors (Lipinski definition) is 10. The van der Waals surface area contributed by atoms with Crippen LogP contribution in [0.2, 0.25) is 0 Å². The lowest BCUT2D eigenvalue weighted by Crippen LogP contribution is -2.54. The molecule has 1 saturated carbocycles. The Labute approximate surface area is 352 Å². The first-order valence-corrected chi connectivity index (χ1v) is 20.9. The number of aromatic nitrogens is 3. The Hall–Kier alpha value is -7.09. The minimum absolute atomic E-state index is 0.0500. The van der Waals surface area contributed by atoms with E-state index in [0.29, 0.717) is 29.5 Å². The first kappa shape index (κ1) is 39.4. The van der Waals surface area contributed by atoms with Crippen LogP contribution < -0.4 is 21.3 Å². The maximum atomic E-state index is 13.5. The third-order valence-corrected chi connectivity index (χ3v) is 12.0. The number of rotatable bonds is 12. The highest BCUT2D eigenvalue weighted by atomic mass is 16.5. The molecule has 2 aliphatic heterocycles. The standard InChI is InChI=1S/C47H46N8O6/c1-27-41(28(2)61-53-27)32-23-24-54-39(25-32)51-37(43(54)49-33-7-4-3-5-8-33)20-15-29-13-18-34(19-14-29)50-44(57)31-16-11-30(12-17-31)26-48-36-10-6-9-35-42(36)47(60)55(46(35)59)38-21-22-40(56)52-45(38)58/h6,9-14,16-19,23-25,33,38,48-49H,3-5,7-8,15,20-22,26H2,1-2H3,(H,50,57)(H,52,56,58). The fourth-order valence-electron chi connectivity index (χ4n) is 8.77. The van der Waals surface area contributed by atoms with Crippen LogP contribution in [0.5, 0.6) is 0 Å². The molecular weight excluding hydrogens is 773 g/mol. The minimum Gasteiger partial charge on any atom is -0.380 e. The number of benzene rings is 3. The quantitative estimate of drug-likeness (QED) is 0.0909. The van der Waals surface area contributed by atoms with E-state index >= 15 is 0 Å². The summed E-state index contributed by atoms with van der Waals surface area (Å²) in [6, 6.07) is 23.5. The summed E-state index contributed by atoms with van der Waals surface area (Å²) in [6.07, 6.45) is 9.78. The molecule has 9 rings (SSSR count). The number of imide groups is 2. The van der Waals surface area contributed by atoms with Crippen LogP contribution in [0.3, 0.4) is 0 Å². The number of carbonyl (C=O) groups excluding carboxylic acids is 5. The summed E-state index contributed by atoms with van der Waals surface area (Å²) in [4.78, 5) is 70.1. The van der Waals surface area contributed by atoms with Crippen molar-refractivity contribution in [1.82, 2.24) is 24.8 Å². The van der Waals surface area contributed by atoms with E-state index in [1.165, 1.54) is 19.3 Å². The SMILES string of the molecule is Cc1noc(C)c1-c1ccn2c(NC3CCCCC3)c(CCc3ccc(NC(=O)c4ccc(CNc5cccc6c5C(=O)N(C5CCC(=O)NC5=O)C6=O)cc4)cc3)nc2c1. The molecule has 5 heterocycles. The molecule has 0 bridgehead atoms. The zero-order chi connectivity index (χ0) is 42.2. The van der Waals surface area contributed by atoms with E-state index in [-0.39, 0.29) is 29.9 Å². The number of piperidine rings is 1. The summed E-state index contributed by atoms with van der Waals surface area (Å²) in [6.45, 7) is 4.20. The van der Waals surface area contributed by atoms with Crippen molar-refractivity contribution in [2.75, 3.05) is 16.0 Å². The number of aryl methyl sites for hydroxylation is 4. The van der Waals surface area contributed by atoms with Crippen molar-refractivity contribution in [3.63, 3.8) is 0 Å². The summed E-state index contributed by atoms with van der Waals surface area (Å²) in [7, 11) is 0. The van der Waals surface area contributed by atoms with Gasteiger partial charge in [0.15, 0.2) is 0 Å². The second-order valence-electron chi connectivity index (χ2n) is 16.1. The zero-order valence-corrected chi connectivity index (χ0v) is 34.0. The minimum atomic E-state index is -1.04. The van der Waals surface area contributed by atoms with E-state index in [9.17, 15) is 24.0 Å². The van der Waals surface area contributed by atoms with Crippen LogP contribution in [0.25, 0.3) is 16.8 Å². The van der Waals surface area contributed by atoms with Crippen molar-refractivity contribution in [2.24, 2.45) is 0 Å². The van der Waals surface area contributed by atoms with Gasteiger partial charge in [-0.25, -0.2) is 4.98 Å². The van der Waals surface area contributed by atoms with Crippen LogP contribution in [0.15, 0.2) is 89.6 Å². The molecular formula is C47H46N8O6. The molecule has 14 heteroatoms. The molecule has 6 aromatic rings. The van der Waals surface area contributed by atoms with Crippen LogP contribution in [0.4, 0.5) is 17.2 Å². The summed E-state index contributed by atoms with van der Waals surface area (Å²) >= 11 is 0. The fraction of sp³-hybridized carbons (Fsp3) is 0.298. The highest BCUT2D eigenvalue weighted by molar-refractivity contribution is 6.25. The van der Waals surface area contributed by atoms with Crippen LogP contribution in [-0.4, -0.2) is 61.1 Å². The van der Waals surface area contributed by atoms with E-state index in [2.05, 4.69) is 49.2 Å². The molecule has 0 spiro atoms. The molecule has 1 atom stereocenters. The number of nitrogens with zero attached hydrogens (tertiary/aromatic N) is 4. The van der Waals surface area contributed by atoms with Gasteiger partial charge in [0.2, 0.25) is 11.8 Å². The van der Waals surface area contributed by atoms with Gasteiger partial charge < -0.3 is 20.5 Å². The van der Waals surface area contributed by atoms with Crippen molar-refractivity contribution in [3.05, 3.63) is 130 Å². The lowest BCUT2D eigenvalue weighted by atomic mass is 9.95. The Kier molecular flexibility index (Phi) is 10.7. The van der Waals surface area contributed by atoms with Gasteiger partial charge in [-0.3, -0.25) is 38.6 Å². The maximum absolute atomic E-state index is 13.5. The smallest absolute Gasteiger partial charge is 0.264 e. The lowest BCUT2D eigenvalue weighted by molar-refractivity contribution is -0.136. The Morgan fingerprint density at radius 2 is 1.62 bits per heavy atom. The Balaban J connectivity index is 0.822. The van der Waals surface area contributed by atoms with Crippen molar-refractivity contribution >= 4 is 52.4 Å². The van der Waals surface area contributed by atoms with Crippen LogP contribution >= 0.6 is 0 Å². The van der Waals surface area contributed by atoms with Gasteiger partial charge in [0.1, 0.15) is 23.3 Å². The van der Waals surface area contributed by atoms with Crippen LogP contribution in [0.1, 0.15) is 104 Å². The Bertz CT molecular complexity index is 2670. The van der Waals surface area contributed by atoms with Crippen LogP contribution in [0, 0.1) is 13.8 Å². The number of pyridine rings is 1. The molecule has 2 fully saturated rings. The van der Waals surface area contributed by atoms with Gasteiger partial charge in [0.05, 0.1) is 22.5 Å². The second kappa shape index (κ2) is 16.5. The molecule has 5 amide bonds. The van der Waals surface area contributed by atoms with Gasteiger partial charge in [-0.1, -0.05) is 54.8 Å². The Morgan fingerprint density at radius 1 is 0.852 bits per heavy atom. The van der Waals surface area contributed by atoms with Gasteiger partial charge >= 0.3 is 0 Å². The molecule has 61 heavy (non-hydrogen) atoms. The number of carbonyl (C=O) groups is 5. The summed E-state index contributed by atoms with van der Waals surface area (Å²) in [5, 5.41) is 16.4. The number of amides is 5. The average Bonchev–Trinajstić information content (AvgIpc) is 3.88. The topological polar surface area (TPSA) is 180 Å². The highest BCUT2D eigenvalue weighted by Crippen LogP contribution is 2.34. The molecule has 3 aromatic heterocycles. The number of nitrogens with one attached hydrogen (secondary N) is 4. The Morgan fingerprint density at radius 3 is 2.36 bits per heavy atom. The number of imidazole rings is 1. The van der Waals surface area contributed by atoms with E-state index in [4.69, 9.17) is 9.51 Å². The van der Waals surface area contributed by atoms with Gasteiger partial charge in [-0.15, -0.1) is 0 Å². The third-order valence-electron chi connectivity index (χ3n) is 12.0. The summed E-state index contributed by atoms with van der Waals surface area (Å²) < 4.78 is 7.61. The second-order valence-corrected chi connectivity index (χ2v) is 16.1. The molecule has 1 unspecified atom stereocenters. The highest BCUT2D eigenvalue weighted by Gasteiger charge is 2.45. The summed E-state index contributed by atoms with van der Waals surface area (Å²) in [5.74, 6) is -0.633. The fourth-order valence-corrected chi connectivity index (χ4v) is 8.77. The monoisotopic (exact) mass is 818 g/mol. The van der Waals surface area contributed by atoms with Crippen molar-refractivity contribution < 1.29 is 28.5 Å². The number of fused-ring (bicyclic) bond motifs is 2. The van der Waals surface area contributed by atoms with Gasteiger partial charge in [0.25, 0.3) is 17.7 Å². The molecule has 4 N–H and O–H groups in total. The first-order chi connectivity index (χ1) is 29.6. The normalized spacial score (nSPS) is 16.8. The van der Waals surface area contributed by atoms with E-state index in [0.717, 1.165) is 81.5 Å². The van der Waals surface area contributed by atoms with Gasteiger partial charge in [-0.2, -0.15) is 0 Å². The third kappa shape index (κ3) is 7.88. The van der Waals surface area contributed by atoms with E-state index in [1.807, 2.05) is 50.2 Å². The largest absolute Gasteiger partial charge is 0.380 e. The summed E-state index contributed by atoms with van der Waals surface area (Å²) in [5.41, 5.74) is 8.77. The van der Waals surface area contributed by atoms with E-state index in [1.54, 1.807) is 30.3 Å². The zero-order valence-electron chi connectivity index (χ0n) is 34.0. The van der Waals surface area contributed by atoms with Gasteiger partial charge in [0, 0.05) is 47.7 Å². The molecule has 14 nitrogen and oxygen atoms in total. The predicted octanol–water partition coefficient (Wildman–Crippen LogP) is 7.40. The van der Waals surface area contributed by atoms with Gasteiger partial charge in [-0.05, 0) is 111 Å². The molecule has 1 aliphatic carbocycles. The predicted molar refractivity (Wildman–Crippen MR) is 229 cm³/mol. The average molecular weight is 819 g/mol. The number of anilines is 3. The molecule has 1 saturated heterocycles. The molecule has 310 valence electrons. The molecule has 3 aliphatic rings. The van der Waals surface area contributed by atoms with Crippen molar-refractivity contribution in [3.8, 4) is 11.1 Å². The molecule has 3 aromatic carbocycles. The van der Waals surface area contributed by atoms with Crippen molar-refractivity contribution in [1.29, 1.82) is 0 Å². The maximum Gasteiger partial charge on any atom is 0.264 e. The molecule has 0 radical (unpaired) electrons. The number of hydrogen-bond donors (Lipinski definition) is 4. The van der Waals surface area contributed by atoms with E-state index < -0.39 is 29.7 Å². The first-order valence-electron chi connectivity index (χ1n) is 20.9.